The number of aryl methyl sites for hydroxylation is 1. The Morgan fingerprint density at radius 3 is 2.36 bits per heavy atom. The first-order chi connectivity index (χ1) is 12.1. The zero-order valence-electron chi connectivity index (χ0n) is 15.0. The first kappa shape index (κ1) is 17.4. The Kier molecular flexibility index (Phi) is 5.66. The molecule has 0 saturated carbocycles. The quantitative estimate of drug-likeness (QED) is 0.906. The molecule has 1 aliphatic heterocycles. The first-order valence-corrected chi connectivity index (χ1v) is 8.81. The van der Waals surface area contributed by atoms with Crippen molar-refractivity contribution in [3.8, 4) is 0 Å². The van der Waals surface area contributed by atoms with E-state index in [1.54, 1.807) is 0 Å². The third-order valence-corrected chi connectivity index (χ3v) is 4.61. The summed E-state index contributed by atoms with van der Waals surface area (Å²) in [6.07, 6.45) is 2.27. The van der Waals surface area contributed by atoms with Gasteiger partial charge in [-0.3, -0.25) is 4.79 Å². The van der Waals surface area contributed by atoms with Gasteiger partial charge in [0.25, 0.3) is 0 Å². The standard InChI is InChI=1S/C20H26N4O/c1-16-3-5-17(6-4-16)13-20(25)22-15-18-7-8-19(21-14-18)24-11-9-23(2)10-12-24/h3-8,14H,9-13,15H2,1-2H3,(H,22,25). The predicted molar refractivity (Wildman–Crippen MR) is 101 cm³/mol. The molecule has 25 heavy (non-hydrogen) atoms. The minimum absolute atomic E-state index is 0.0343. The van der Waals surface area contributed by atoms with Gasteiger partial charge in [-0.1, -0.05) is 35.9 Å². The number of pyridine rings is 1. The summed E-state index contributed by atoms with van der Waals surface area (Å²) >= 11 is 0. The third-order valence-electron chi connectivity index (χ3n) is 4.61. The molecule has 2 heterocycles. The Balaban J connectivity index is 1.48. The number of nitrogens with one attached hydrogen (secondary N) is 1. The van der Waals surface area contributed by atoms with E-state index in [4.69, 9.17) is 0 Å². The average Bonchev–Trinajstić information content (AvgIpc) is 2.63. The summed E-state index contributed by atoms with van der Waals surface area (Å²) in [5.41, 5.74) is 3.26. The van der Waals surface area contributed by atoms with Crippen molar-refractivity contribution in [2.24, 2.45) is 0 Å². The van der Waals surface area contributed by atoms with Gasteiger partial charge in [0.1, 0.15) is 5.82 Å². The lowest BCUT2D eigenvalue weighted by molar-refractivity contribution is -0.120. The molecule has 1 aliphatic rings. The Morgan fingerprint density at radius 1 is 1.04 bits per heavy atom. The minimum Gasteiger partial charge on any atom is -0.354 e. The highest BCUT2D eigenvalue weighted by molar-refractivity contribution is 5.78. The van der Waals surface area contributed by atoms with E-state index < -0.39 is 0 Å². The van der Waals surface area contributed by atoms with Crippen LogP contribution in [0.3, 0.4) is 0 Å². The lowest BCUT2D eigenvalue weighted by Crippen LogP contribution is -2.44. The summed E-state index contributed by atoms with van der Waals surface area (Å²) in [5, 5.41) is 2.97. The SMILES string of the molecule is Cc1ccc(CC(=O)NCc2ccc(N3CCN(C)CC3)nc2)cc1. The monoisotopic (exact) mass is 338 g/mol. The number of carbonyl (C=O) groups is 1. The second kappa shape index (κ2) is 8.12. The number of hydrogen-bond donors (Lipinski definition) is 1. The molecule has 0 unspecified atom stereocenters. The highest BCUT2D eigenvalue weighted by atomic mass is 16.1. The van der Waals surface area contributed by atoms with E-state index in [0.717, 1.165) is 43.1 Å². The molecule has 1 saturated heterocycles. The van der Waals surface area contributed by atoms with Gasteiger partial charge in [-0.2, -0.15) is 0 Å². The lowest BCUT2D eigenvalue weighted by atomic mass is 10.1. The van der Waals surface area contributed by atoms with Gasteiger partial charge < -0.3 is 15.1 Å². The van der Waals surface area contributed by atoms with Crippen LogP contribution >= 0.6 is 0 Å². The molecule has 0 radical (unpaired) electrons. The molecule has 1 amide bonds. The van der Waals surface area contributed by atoms with Crippen molar-refractivity contribution >= 4 is 11.7 Å². The van der Waals surface area contributed by atoms with Crippen LogP contribution in [0.2, 0.25) is 0 Å². The molecule has 5 heteroatoms. The van der Waals surface area contributed by atoms with Crippen molar-refractivity contribution < 1.29 is 4.79 Å². The third kappa shape index (κ3) is 5.03. The zero-order valence-corrected chi connectivity index (χ0v) is 15.0. The molecule has 0 spiro atoms. The molecular weight excluding hydrogens is 312 g/mol. The number of aromatic nitrogens is 1. The normalized spacial score (nSPS) is 15.2. The smallest absolute Gasteiger partial charge is 0.224 e. The van der Waals surface area contributed by atoms with Crippen molar-refractivity contribution in [2.45, 2.75) is 19.9 Å². The van der Waals surface area contributed by atoms with Crippen molar-refractivity contribution in [2.75, 3.05) is 38.1 Å². The maximum Gasteiger partial charge on any atom is 0.224 e. The average molecular weight is 338 g/mol. The molecule has 0 bridgehead atoms. The van der Waals surface area contributed by atoms with E-state index in [-0.39, 0.29) is 5.91 Å². The van der Waals surface area contributed by atoms with Crippen LogP contribution < -0.4 is 10.2 Å². The minimum atomic E-state index is 0.0343. The van der Waals surface area contributed by atoms with Gasteiger partial charge in [-0.25, -0.2) is 4.98 Å². The topological polar surface area (TPSA) is 48.5 Å². The van der Waals surface area contributed by atoms with E-state index in [1.165, 1.54) is 5.56 Å². The lowest BCUT2D eigenvalue weighted by Gasteiger charge is -2.33. The van der Waals surface area contributed by atoms with Crippen LogP contribution in [-0.4, -0.2) is 49.0 Å². The number of amides is 1. The molecule has 132 valence electrons. The van der Waals surface area contributed by atoms with Crippen molar-refractivity contribution in [3.05, 3.63) is 59.3 Å². The van der Waals surface area contributed by atoms with Crippen molar-refractivity contribution in [1.82, 2.24) is 15.2 Å². The molecule has 1 N–H and O–H groups in total. The van der Waals surface area contributed by atoms with Gasteiger partial charge in [-0.15, -0.1) is 0 Å². The summed E-state index contributed by atoms with van der Waals surface area (Å²) in [4.78, 5) is 21.3. The van der Waals surface area contributed by atoms with E-state index >= 15 is 0 Å². The number of hydrogen-bond acceptors (Lipinski definition) is 4. The molecule has 0 aliphatic carbocycles. The van der Waals surface area contributed by atoms with E-state index in [9.17, 15) is 4.79 Å². The molecule has 5 nitrogen and oxygen atoms in total. The second-order valence-electron chi connectivity index (χ2n) is 6.75. The van der Waals surface area contributed by atoms with Gasteiger partial charge in [0.15, 0.2) is 0 Å². The summed E-state index contributed by atoms with van der Waals surface area (Å²) in [6, 6.07) is 12.2. The van der Waals surface area contributed by atoms with Gasteiger partial charge in [-0.05, 0) is 31.2 Å². The molecular formula is C20H26N4O. The van der Waals surface area contributed by atoms with Crippen LogP contribution in [0.5, 0.6) is 0 Å². The molecule has 1 aromatic heterocycles. The van der Waals surface area contributed by atoms with Crippen LogP contribution in [0.4, 0.5) is 5.82 Å². The van der Waals surface area contributed by atoms with Gasteiger partial charge in [0.2, 0.25) is 5.91 Å². The number of anilines is 1. The second-order valence-corrected chi connectivity index (χ2v) is 6.75. The number of carbonyl (C=O) groups excluding carboxylic acids is 1. The number of rotatable bonds is 5. The van der Waals surface area contributed by atoms with Crippen LogP contribution in [0.15, 0.2) is 42.6 Å². The number of benzene rings is 1. The summed E-state index contributed by atoms with van der Waals surface area (Å²) in [5.74, 6) is 1.05. The molecule has 3 rings (SSSR count). The maximum atomic E-state index is 12.1. The fraction of sp³-hybridized carbons (Fsp3) is 0.400. The Bertz CT molecular complexity index is 689. The van der Waals surface area contributed by atoms with Crippen molar-refractivity contribution in [3.63, 3.8) is 0 Å². The largest absolute Gasteiger partial charge is 0.354 e. The van der Waals surface area contributed by atoms with E-state index in [2.05, 4.69) is 27.1 Å². The summed E-state index contributed by atoms with van der Waals surface area (Å²) in [6.45, 7) is 6.71. The fourth-order valence-corrected chi connectivity index (χ4v) is 2.90. The fourth-order valence-electron chi connectivity index (χ4n) is 2.90. The zero-order chi connectivity index (χ0) is 17.6. The summed E-state index contributed by atoms with van der Waals surface area (Å²) in [7, 11) is 2.15. The number of nitrogens with zero attached hydrogens (tertiary/aromatic N) is 3. The highest BCUT2D eigenvalue weighted by Gasteiger charge is 2.15. The Hall–Kier alpha value is -2.40. The van der Waals surface area contributed by atoms with Crippen LogP contribution in [0.25, 0.3) is 0 Å². The highest BCUT2D eigenvalue weighted by Crippen LogP contribution is 2.13. The number of piperazine rings is 1. The summed E-state index contributed by atoms with van der Waals surface area (Å²) < 4.78 is 0. The predicted octanol–water partition coefficient (Wildman–Crippen LogP) is 2.00. The van der Waals surface area contributed by atoms with E-state index in [1.807, 2.05) is 49.5 Å². The number of likely N-dealkylation sites (N-methyl/N-ethyl adjacent to an activating group) is 1. The van der Waals surface area contributed by atoms with Gasteiger partial charge in [0, 0.05) is 38.9 Å². The Morgan fingerprint density at radius 2 is 1.72 bits per heavy atom. The van der Waals surface area contributed by atoms with Gasteiger partial charge in [0.05, 0.1) is 6.42 Å². The maximum absolute atomic E-state index is 12.1. The Labute approximate surface area is 149 Å². The molecule has 2 aromatic rings. The van der Waals surface area contributed by atoms with Crippen LogP contribution in [-0.2, 0) is 17.8 Å². The van der Waals surface area contributed by atoms with Crippen LogP contribution in [0, 0.1) is 6.92 Å². The van der Waals surface area contributed by atoms with Crippen molar-refractivity contribution in [1.29, 1.82) is 0 Å². The van der Waals surface area contributed by atoms with E-state index in [0.29, 0.717) is 13.0 Å². The molecule has 1 fully saturated rings. The first-order valence-electron chi connectivity index (χ1n) is 8.81. The molecule has 0 atom stereocenters. The van der Waals surface area contributed by atoms with Crippen LogP contribution in [0.1, 0.15) is 16.7 Å². The van der Waals surface area contributed by atoms with Gasteiger partial charge >= 0.3 is 0 Å². The molecule has 1 aromatic carbocycles.